The summed E-state index contributed by atoms with van der Waals surface area (Å²) in [5.41, 5.74) is 2.42. The normalized spacial score (nSPS) is 16.8. The SMILES string of the molecule is CC1NC(=O)CN(CC(=O)C(Cc2c[nH]c3ccccc23)C(=O)NCc2ccc(Cl)c(Cl)c2)C1=O. The predicted molar refractivity (Wildman–Crippen MR) is 133 cm³/mol. The van der Waals surface area contributed by atoms with Crippen LogP contribution in [0, 0.1) is 5.92 Å². The lowest BCUT2D eigenvalue weighted by molar-refractivity contribution is -0.147. The first-order valence-electron chi connectivity index (χ1n) is 11.1. The number of carbonyl (C=O) groups is 4. The maximum Gasteiger partial charge on any atom is 0.245 e. The van der Waals surface area contributed by atoms with Gasteiger partial charge < -0.3 is 20.5 Å². The molecule has 2 aromatic carbocycles. The Morgan fingerprint density at radius 2 is 1.91 bits per heavy atom. The van der Waals surface area contributed by atoms with E-state index in [-0.39, 0.29) is 37.9 Å². The number of aromatic nitrogens is 1. The van der Waals surface area contributed by atoms with Crippen LogP contribution < -0.4 is 10.6 Å². The molecule has 0 aliphatic carbocycles. The van der Waals surface area contributed by atoms with E-state index in [2.05, 4.69) is 15.6 Å². The lowest BCUT2D eigenvalue weighted by Gasteiger charge is -2.31. The quantitative estimate of drug-likeness (QED) is 0.401. The van der Waals surface area contributed by atoms with E-state index in [0.717, 1.165) is 22.0 Å². The molecule has 0 bridgehead atoms. The van der Waals surface area contributed by atoms with Crippen LogP contribution in [0.4, 0.5) is 0 Å². The maximum atomic E-state index is 13.3. The molecule has 2 unspecified atom stereocenters. The molecule has 0 saturated carbocycles. The number of aromatic amines is 1. The van der Waals surface area contributed by atoms with Crippen molar-refractivity contribution in [3.63, 3.8) is 0 Å². The van der Waals surface area contributed by atoms with Crippen LogP contribution in [0.5, 0.6) is 0 Å². The van der Waals surface area contributed by atoms with Gasteiger partial charge in [-0.25, -0.2) is 0 Å². The Morgan fingerprint density at radius 1 is 1.14 bits per heavy atom. The lowest BCUT2D eigenvalue weighted by atomic mass is 9.93. The Kier molecular flexibility index (Phi) is 7.42. The molecule has 10 heteroatoms. The van der Waals surface area contributed by atoms with Gasteiger partial charge in [0.2, 0.25) is 17.7 Å². The van der Waals surface area contributed by atoms with Crippen molar-refractivity contribution < 1.29 is 19.2 Å². The summed E-state index contributed by atoms with van der Waals surface area (Å²) in [6, 6.07) is 11.9. The van der Waals surface area contributed by atoms with E-state index in [4.69, 9.17) is 23.2 Å². The first-order chi connectivity index (χ1) is 16.7. The molecular weight excluding hydrogens is 491 g/mol. The summed E-state index contributed by atoms with van der Waals surface area (Å²) < 4.78 is 0. The molecule has 2 heterocycles. The highest BCUT2D eigenvalue weighted by Gasteiger charge is 2.34. The zero-order valence-electron chi connectivity index (χ0n) is 18.9. The zero-order chi connectivity index (χ0) is 25.1. The Balaban J connectivity index is 1.55. The second-order valence-corrected chi connectivity index (χ2v) is 9.35. The second kappa shape index (κ2) is 10.5. The summed E-state index contributed by atoms with van der Waals surface area (Å²) in [5.74, 6) is -2.70. The molecule has 1 aromatic heterocycles. The Bertz CT molecular complexity index is 1310. The summed E-state index contributed by atoms with van der Waals surface area (Å²) in [4.78, 5) is 55.3. The molecule has 8 nitrogen and oxygen atoms in total. The number of benzene rings is 2. The minimum atomic E-state index is -1.06. The van der Waals surface area contributed by atoms with E-state index >= 15 is 0 Å². The van der Waals surface area contributed by atoms with Crippen LogP contribution in [0.1, 0.15) is 18.1 Å². The van der Waals surface area contributed by atoms with Crippen molar-refractivity contribution in [1.82, 2.24) is 20.5 Å². The lowest BCUT2D eigenvalue weighted by Crippen LogP contribution is -2.58. The molecule has 3 N–H and O–H groups in total. The summed E-state index contributed by atoms with van der Waals surface area (Å²) >= 11 is 12.0. The van der Waals surface area contributed by atoms with Gasteiger partial charge in [0.15, 0.2) is 5.78 Å². The highest BCUT2D eigenvalue weighted by Crippen LogP contribution is 2.24. The summed E-state index contributed by atoms with van der Waals surface area (Å²) in [6.45, 7) is 1.16. The summed E-state index contributed by atoms with van der Waals surface area (Å²) in [6.07, 6.45) is 1.92. The maximum absolute atomic E-state index is 13.3. The average molecular weight is 515 g/mol. The number of rotatable bonds is 8. The first kappa shape index (κ1) is 24.8. The number of H-pyrrole nitrogens is 1. The number of piperazine rings is 1. The Hall–Kier alpha value is -3.36. The average Bonchev–Trinajstić information content (AvgIpc) is 3.24. The fourth-order valence-electron chi connectivity index (χ4n) is 4.14. The van der Waals surface area contributed by atoms with Crippen LogP contribution >= 0.6 is 23.2 Å². The molecular formula is C25H24Cl2N4O4. The van der Waals surface area contributed by atoms with Gasteiger partial charge in [0, 0.05) is 23.6 Å². The molecule has 0 radical (unpaired) electrons. The standard InChI is InChI=1S/C25H24Cl2N4O4/c1-14-25(35)31(13-23(33)30-14)12-22(32)18(9-16-11-28-21-5-3-2-4-17(16)21)24(34)29-10-15-6-7-19(26)20(27)8-15/h2-8,11,14,18,28H,9-10,12-13H2,1H3,(H,29,34)(H,30,33). The van der Waals surface area contributed by atoms with Gasteiger partial charge in [-0.3, -0.25) is 19.2 Å². The van der Waals surface area contributed by atoms with E-state index in [9.17, 15) is 19.2 Å². The largest absolute Gasteiger partial charge is 0.361 e. The van der Waals surface area contributed by atoms with Gasteiger partial charge in [0.1, 0.15) is 18.5 Å². The molecule has 0 spiro atoms. The van der Waals surface area contributed by atoms with Crippen LogP contribution in [-0.4, -0.2) is 52.5 Å². The minimum Gasteiger partial charge on any atom is -0.361 e. The number of para-hydroxylation sites is 1. The zero-order valence-corrected chi connectivity index (χ0v) is 20.4. The number of amides is 3. The molecule has 1 fully saturated rings. The molecule has 4 rings (SSSR count). The fraction of sp³-hybridized carbons (Fsp3) is 0.280. The van der Waals surface area contributed by atoms with Crippen molar-refractivity contribution in [1.29, 1.82) is 0 Å². The predicted octanol–water partition coefficient (Wildman–Crippen LogP) is 2.87. The number of fused-ring (bicyclic) bond motifs is 1. The molecule has 1 saturated heterocycles. The number of halogens is 2. The van der Waals surface area contributed by atoms with E-state index < -0.39 is 23.7 Å². The summed E-state index contributed by atoms with van der Waals surface area (Å²) in [7, 11) is 0. The van der Waals surface area contributed by atoms with Gasteiger partial charge in [0.25, 0.3) is 0 Å². The molecule has 1 aliphatic heterocycles. The van der Waals surface area contributed by atoms with E-state index in [1.807, 2.05) is 24.3 Å². The first-order valence-corrected chi connectivity index (χ1v) is 11.9. The van der Waals surface area contributed by atoms with Gasteiger partial charge in [-0.1, -0.05) is 47.5 Å². The van der Waals surface area contributed by atoms with Gasteiger partial charge >= 0.3 is 0 Å². The fourth-order valence-corrected chi connectivity index (χ4v) is 4.46. The topological polar surface area (TPSA) is 111 Å². The smallest absolute Gasteiger partial charge is 0.245 e. The van der Waals surface area contributed by atoms with Crippen LogP contribution in [0.15, 0.2) is 48.7 Å². The third kappa shape index (κ3) is 5.66. The minimum absolute atomic E-state index is 0.139. The monoisotopic (exact) mass is 514 g/mol. The molecule has 3 amide bonds. The molecule has 1 aliphatic rings. The van der Waals surface area contributed by atoms with Gasteiger partial charge in [-0.15, -0.1) is 0 Å². The number of Topliss-reactive ketones (excluding diaryl/α,β-unsaturated/α-hetero) is 1. The second-order valence-electron chi connectivity index (χ2n) is 8.53. The van der Waals surface area contributed by atoms with Gasteiger partial charge in [-0.05, 0) is 42.7 Å². The number of hydrogen-bond acceptors (Lipinski definition) is 4. The highest BCUT2D eigenvalue weighted by molar-refractivity contribution is 6.42. The third-order valence-electron chi connectivity index (χ3n) is 6.00. The van der Waals surface area contributed by atoms with E-state index in [1.165, 1.54) is 4.90 Å². The van der Waals surface area contributed by atoms with Gasteiger partial charge in [0.05, 0.1) is 16.6 Å². The number of nitrogens with one attached hydrogen (secondary N) is 3. The highest BCUT2D eigenvalue weighted by atomic mass is 35.5. The summed E-state index contributed by atoms with van der Waals surface area (Å²) in [5, 5.41) is 7.01. The Labute approximate surface area is 212 Å². The molecule has 3 aromatic rings. The van der Waals surface area contributed by atoms with E-state index in [0.29, 0.717) is 10.0 Å². The third-order valence-corrected chi connectivity index (χ3v) is 6.73. The molecule has 182 valence electrons. The van der Waals surface area contributed by atoms with Crippen molar-refractivity contribution >= 4 is 57.6 Å². The van der Waals surface area contributed by atoms with Crippen molar-refractivity contribution in [2.24, 2.45) is 5.92 Å². The van der Waals surface area contributed by atoms with Gasteiger partial charge in [-0.2, -0.15) is 0 Å². The van der Waals surface area contributed by atoms with Crippen molar-refractivity contribution in [2.75, 3.05) is 13.1 Å². The van der Waals surface area contributed by atoms with Crippen molar-refractivity contribution in [2.45, 2.75) is 25.9 Å². The van der Waals surface area contributed by atoms with Crippen molar-refractivity contribution in [3.8, 4) is 0 Å². The number of nitrogens with zero attached hydrogens (tertiary/aromatic N) is 1. The van der Waals surface area contributed by atoms with E-state index in [1.54, 1.807) is 31.3 Å². The van der Waals surface area contributed by atoms with Crippen LogP contribution in [0.3, 0.4) is 0 Å². The number of carbonyl (C=O) groups excluding carboxylic acids is 4. The van der Waals surface area contributed by atoms with Crippen LogP contribution in [-0.2, 0) is 32.1 Å². The Morgan fingerprint density at radius 3 is 2.69 bits per heavy atom. The molecule has 35 heavy (non-hydrogen) atoms. The number of hydrogen-bond donors (Lipinski definition) is 3. The van der Waals surface area contributed by atoms with Crippen molar-refractivity contribution in [3.05, 3.63) is 69.8 Å². The van der Waals surface area contributed by atoms with Crippen LogP contribution in [0.25, 0.3) is 10.9 Å². The molecule has 2 atom stereocenters. The van der Waals surface area contributed by atoms with Crippen LogP contribution in [0.2, 0.25) is 10.0 Å². The number of ketones is 1.